The van der Waals surface area contributed by atoms with Gasteiger partial charge in [0.2, 0.25) is 10.0 Å². The molecule has 4 nitrogen and oxygen atoms in total. The number of para-hydroxylation sites is 1. The first-order valence-electron chi connectivity index (χ1n) is 7.68. The van der Waals surface area contributed by atoms with Gasteiger partial charge in [0.25, 0.3) is 0 Å². The second-order valence-electron chi connectivity index (χ2n) is 5.76. The Morgan fingerprint density at radius 1 is 1.09 bits per heavy atom. The second kappa shape index (κ2) is 7.62. The lowest BCUT2D eigenvalue weighted by Gasteiger charge is -2.14. The molecule has 23 heavy (non-hydrogen) atoms. The molecule has 2 rings (SSSR count). The van der Waals surface area contributed by atoms with Gasteiger partial charge in [0.05, 0.1) is 4.90 Å². The van der Waals surface area contributed by atoms with Crippen LogP contribution in [0.15, 0.2) is 53.4 Å². The van der Waals surface area contributed by atoms with Crippen LogP contribution in [0.3, 0.4) is 0 Å². The van der Waals surface area contributed by atoms with Crippen molar-refractivity contribution in [1.82, 2.24) is 4.72 Å². The summed E-state index contributed by atoms with van der Waals surface area (Å²) in [4.78, 5) is 0.278. The highest BCUT2D eigenvalue weighted by Gasteiger charge is 2.13. The van der Waals surface area contributed by atoms with Crippen LogP contribution < -0.4 is 9.46 Å². The molecule has 0 radical (unpaired) electrons. The Labute approximate surface area is 138 Å². The predicted octanol–water partition coefficient (Wildman–Crippen LogP) is 3.48. The van der Waals surface area contributed by atoms with Gasteiger partial charge in [0, 0.05) is 6.54 Å². The number of aryl methyl sites for hydroxylation is 1. The van der Waals surface area contributed by atoms with Gasteiger partial charge in [-0.3, -0.25) is 0 Å². The normalized spacial score (nSPS) is 11.7. The molecule has 0 bridgehead atoms. The fourth-order valence-electron chi connectivity index (χ4n) is 2.29. The number of sulfonamides is 1. The lowest BCUT2D eigenvalue weighted by atomic mass is 10.0. The Bertz CT molecular complexity index is 754. The highest BCUT2D eigenvalue weighted by atomic mass is 32.2. The van der Waals surface area contributed by atoms with Crippen LogP contribution in [0, 0.1) is 6.92 Å². The summed E-state index contributed by atoms with van der Waals surface area (Å²) in [5.41, 5.74) is 2.03. The summed E-state index contributed by atoms with van der Waals surface area (Å²) in [6, 6.07) is 14.7. The molecule has 0 atom stereocenters. The zero-order valence-electron chi connectivity index (χ0n) is 13.7. The Morgan fingerprint density at radius 2 is 1.83 bits per heavy atom. The SMILES string of the molecule is Cc1cccc(S(=O)(=O)NCCOc2ccccc2C(C)C)c1. The van der Waals surface area contributed by atoms with Crippen molar-refractivity contribution in [3.63, 3.8) is 0 Å². The summed E-state index contributed by atoms with van der Waals surface area (Å²) >= 11 is 0. The van der Waals surface area contributed by atoms with Crippen LogP contribution >= 0.6 is 0 Å². The minimum Gasteiger partial charge on any atom is -0.492 e. The summed E-state index contributed by atoms with van der Waals surface area (Å²) in [6.45, 7) is 6.58. The number of nitrogens with one attached hydrogen (secondary N) is 1. The summed E-state index contributed by atoms with van der Waals surface area (Å²) in [5.74, 6) is 1.16. The highest BCUT2D eigenvalue weighted by molar-refractivity contribution is 7.89. The van der Waals surface area contributed by atoms with Gasteiger partial charge in [-0.05, 0) is 42.2 Å². The van der Waals surface area contributed by atoms with E-state index in [0.29, 0.717) is 5.92 Å². The molecular formula is C18H23NO3S. The topological polar surface area (TPSA) is 55.4 Å². The lowest BCUT2D eigenvalue weighted by molar-refractivity contribution is 0.318. The standard InChI is InChI=1S/C18H23NO3S/c1-14(2)17-9-4-5-10-18(17)22-12-11-19-23(20,21)16-8-6-7-15(3)13-16/h4-10,13-14,19H,11-12H2,1-3H3. The zero-order valence-corrected chi connectivity index (χ0v) is 14.6. The van der Waals surface area contributed by atoms with Crippen LogP contribution in [-0.4, -0.2) is 21.6 Å². The molecule has 0 heterocycles. The molecule has 0 saturated carbocycles. The number of hydrogen-bond acceptors (Lipinski definition) is 3. The lowest BCUT2D eigenvalue weighted by Crippen LogP contribution is -2.28. The molecule has 0 aliphatic heterocycles. The average molecular weight is 333 g/mol. The molecular weight excluding hydrogens is 310 g/mol. The van der Waals surface area contributed by atoms with E-state index in [2.05, 4.69) is 18.6 Å². The monoisotopic (exact) mass is 333 g/mol. The van der Waals surface area contributed by atoms with E-state index in [-0.39, 0.29) is 18.0 Å². The van der Waals surface area contributed by atoms with Crippen molar-refractivity contribution in [2.24, 2.45) is 0 Å². The van der Waals surface area contributed by atoms with Gasteiger partial charge in [0.15, 0.2) is 0 Å². The summed E-state index contributed by atoms with van der Waals surface area (Å²) in [5, 5.41) is 0. The maximum atomic E-state index is 12.2. The Hall–Kier alpha value is -1.85. The first-order chi connectivity index (χ1) is 10.9. The third-order valence-corrected chi connectivity index (χ3v) is 4.95. The Balaban J connectivity index is 1.93. The molecule has 0 aliphatic rings. The highest BCUT2D eigenvalue weighted by Crippen LogP contribution is 2.25. The van der Waals surface area contributed by atoms with Crippen molar-refractivity contribution in [1.29, 1.82) is 0 Å². The largest absolute Gasteiger partial charge is 0.492 e. The van der Waals surface area contributed by atoms with Gasteiger partial charge >= 0.3 is 0 Å². The van der Waals surface area contributed by atoms with Crippen LogP contribution in [0.5, 0.6) is 5.75 Å². The fraction of sp³-hybridized carbons (Fsp3) is 0.333. The molecule has 1 N–H and O–H groups in total. The van der Waals surface area contributed by atoms with Crippen molar-refractivity contribution >= 4 is 10.0 Å². The number of ether oxygens (including phenoxy) is 1. The van der Waals surface area contributed by atoms with E-state index in [9.17, 15) is 8.42 Å². The molecule has 0 fully saturated rings. The van der Waals surface area contributed by atoms with Crippen molar-refractivity contribution in [2.45, 2.75) is 31.6 Å². The van der Waals surface area contributed by atoms with E-state index >= 15 is 0 Å². The van der Waals surface area contributed by atoms with Gasteiger partial charge in [-0.2, -0.15) is 0 Å². The third kappa shape index (κ3) is 4.81. The van der Waals surface area contributed by atoms with Crippen molar-refractivity contribution in [3.8, 4) is 5.75 Å². The maximum absolute atomic E-state index is 12.2. The van der Waals surface area contributed by atoms with E-state index in [0.717, 1.165) is 16.9 Å². The van der Waals surface area contributed by atoms with Crippen molar-refractivity contribution in [3.05, 3.63) is 59.7 Å². The van der Waals surface area contributed by atoms with Crippen LogP contribution in [0.2, 0.25) is 0 Å². The summed E-state index contributed by atoms with van der Waals surface area (Å²) < 4.78 is 32.7. The first-order valence-corrected chi connectivity index (χ1v) is 9.16. The smallest absolute Gasteiger partial charge is 0.240 e. The van der Waals surface area contributed by atoms with Crippen molar-refractivity contribution in [2.75, 3.05) is 13.2 Å². The molecule has 2 aromatic carbocycles. The van der Waals surface area contributed by atoms with Gasteiger partial charge in [-0.25, -0.2) is 13.1 Å². The van der Waals surface area contributed by atoms with E-state index in [1.807, 2.05) is 37.3 Å². The van der Waals surface area contributed by atoms with E-state index in [1.165, 1.54) is 0 Å². The van der Waals surface area contributed by atoms with Crippen LogP contribution in [0.1, 0.15) is 30.9 Å². The molecule has 0 saturated heterocycles. The minimum absolute atomic E-state index is 0.225. The number of hydrogen-bond donors (Lipinski definition) is 1. The molecule has 0 amide bonds. The van der Waals surface area contributed by atoms with Gasteiger partial charge in [-0.1, -0.05) is 44.2 Å². The molecule has 0 aromatic heterocycles. The molecule has 124 valence electrons. The van der Waals surface area contributed by atoms with Crippen molar-refractivity contribution < 1.29 is 13.2 Å². The van der Waals surface area contributed by atoms with Gasteiger partial charge < -0.3 is 4.74 Å². The Morgan fingerprint density at radius 3 is 2.52 bits per heavy atom. The summed E-state index contributed by atoms with van der Waals surface area (Å²) in [7, 11) is -3.49. The van der Waals surface area contributed by atoms with Crippen LogP contribution in [0.25, 0.3) is 0 Å². The van der Waals surface area contributed by atoms with Crippen LogP contribution in [0.4, 0.5) is 0 Å². The van der Waals surface area contributed by atoms with Crippen LogP contribution in [-0.2, 0) is 10.0 Å². The quantitative estimate of drug-likeness (QED) is 0.789. The van der Waals surface area contributed by atoms with E-state index in [1.54, 1.807) is 18.2 Å². The molecule has 5 heteroatoms. The van der Waals surface area contributed by atoms with Gasteiger partial charge in [0.1, 0.15) is 12.4 Å². The van der Waals surface area contributed by atoms with E-state index < -0.39 is 10.0 Å². The third-order valence-electron chi connectivity index (χ3n) is 3.49. The molecule has 0 unspecified atom stereocenters. The minimum atomic E-state index is -3.49. The fourth-order valence-corrected chi connectivity index (χ4v) is 3.41. The average Bonchev–Trinajstić information content (AvgIpc) is 2.52. The second-order valence-corrected chi connectivity index (χ2v) is 7.52. The first kappa shape index (κ1) is 17.5. The summed E-state index contributed by atoms with van der Waals surface area (Å²) in [6.07, 6.45) is 0. The van der Waals surface area contributed by atoms with Gasteiger partial charge in [-0.15, -0.1) is 0 Å². The molecule has 0 aliphatic carbocycles. The number of rotatable bonds is 7. The predicted molar refractivity (Wildman–Crippen MR) is 92.4 cm³/mol. The Kier molecular flexibility index (Phi) is 5.80. The maximum Gasteiger partial charge on any atom is 0.240 e. The molecule has 0 spiro atoms. The number of benzene rings is 2. The van der Waals surface area contributed by atoms with E-state index in [4.69, 9.17) is 4.74 Å². The molecule has 2 aromatic rings. The zero-order chi connectivity index (χ0) is 16.9.